The Balaban J connectivity index is 1.79. The fourth-order valence-electron chi connectivity index (χ4n) is 3.95. The van der Waals surface area contributed by atoms with Gasteiger partial charge in [0.1, 0.15) is 5.71 Å². The molecule has 2 aromatic carbocycles. The molecule has 1 saturated carbocycles. The van der Waals surface area contributed by atoms with Gasteiger partial charge in [-0.2, -0.15) is 5.10 Å². The highest BCUT2D eigenvalue weighted by atomic mass is 16.3. The largest absolute Gasteiger partial charge is 0.390 e. The Bertz CT molecular complexity index is 854. The number of Topliss-reactive ketones (excluding diaryl/α,β-unsaturated/α-hetero) is 1. The predicted molar refractivity (Wildman–Crippen MR) is 98.0 cm³/mol. The first-order valence-electron chi connectivity index (χ1n) is 8.56. The lowest BCUT2D eigenvalue weighted by molar-refractivity contribution is -0.116. The van der Waals surface area contributed by atoms with Crippen LogP contribution in [0.3, 0.4) is 0 Å². The second-order valence-electron chi connectivity index (χ2n) is 7.14. The molecule has 4 rings (SSSR count). The topological polar surface area (TPSA) is 62.0 Å². The maximum absolute atomic E-state index is 13.3. The number of nitrogens with zero attached hydrogens (tertiary/aromatic N) is 2. The van der Waals surface area contributed by atoms with Crippen LogP contribution in [0.4, 0.5) is 0 Å². The fourth-order valence-corrected chi connectivity index (χ4v) is 3.95. The quantitative estimate of drug-likeness (QED) is 0.916. The van der Waals surface area contributed by atoms with Gasteiger partial charge in [-0.3, -0.25) is 4.79 Å². The van der Waals surface area contributed by atoms with Gasteiger partial charge in [0.2, 0.25) is 0 Å². The Morgan fingerprint density at radius 1 is 1.00 bits per heavy atom. The summed E-state index contributed by atoms with van der Waals surface area (Å²) < 4.78 is 0. The van der Waals surface area contributed by atoms with Crippen LogP contribution in [0.2, 0.25) is 0 Å². The van der Waals surface area contributed by atoms with Crippen molar-refractivity contribution in [3.63, 3.8) is 0 Å². The van der Waals surface area contributed by atoms with Gasteiger partial charge in [-0.05, 0) is 18.9 Å². The molecule has 0 radical (unpaired) electrons. The molecule has 0 amide bonds. The van der Waals surface area contributed by atoms with Crippen molar-refractivity contribution in [3.8, 4) is 0 Å². The molecule has 1 fully saturated rings. The van der Waals surface area contributed by atoms with Gasteiger partial charge in [0.15, 0.2) is 5.78 Å². The summed E-state index contributed by atoms with van der Waals surface area (Å²) >= 11 is 0. The maximum atomic E-state index is 13.3. The Hall–Kier alpha value is -2.59. The van der Waals surface area contributed by atoms with E-state index >= 15 is 0 Å². The van der Waals surface area contributed by atoms with Gasteiger partial charge in [0.05, 0.1) is 17.2 Å². The van der Waals surface area contributed by atoms with E-state index in [0.29, 0.717) is 24.3 Å². The Kier molecular flexibility index (Phi) is 3.85. The van der Waals surface area contributed by atoms with Crippen LogP contribution in [0, 0.1) is 5.92 Å². The summed E-state index contributed by atoms with van der Waals surface area (Å²) in [6.07, 6.45) is 0.923. The molecule has 2 aliphatic rings. The average Bonchev–Trinajstić information content (AvgIpc) is 2.62. The van der Waals surface area contributed by atoms with Gasteiger partial charge in [0, 0.05) is 17.9 Å². The third-order valence-corrected chi connectivity index (χ3v) is 5.05. The summed E-state index contributed by atoms with van der Waals surface area (Å²) in [4.78, 5) is 13.3. The van der Waals surface area contributed by atoms with Crippen LogP contribution < -0.4 is 0 Å². The molecule has 1 aliphatic carbocycles. The summed E-state index contributed by atoms with van der Waals surface area (Å²) in [5, 5.41) is 19.2. The molecule has 0 saturated heterocycles. The number of rotatable bonds is 2. The first-order chi connectivity index (χ1) is 12.1. The Morgan fingerprint density at radius 3 is 2.32 bits per heavy atom. The van der Waals surface area contributed by atoms with E-state index in [1.54, 1.807) is 0 Å². The highest BCUT2D eigenvalue weighted by molar-refractivity contribution is 6.50. The minimum Gasteiger partial charge on any atom is -0.390 e. The molecule has 1 N–H and O–H groups in total. The molecule has 25 heavy (non-hydrogen) atoms. The molecule has 126 valence electrons. The maximum Gasteiger partial charge on any atom is 0.193 e. The molecular formula is C21H20N2O2. The first kappa shape index (κ1) is 15.9. The van der Waals surface area contributed by atoms with E-state index in [-0.39, 0.29) is 17.6 Å². The summed E-state index contributed by atoms with van der Waals surface area (Å²) in [6, 6.07) is 19.4. The van der Waals surface area contributed by atoms with Crippen molar-refractivity contribution in [2.75, 3.05) is 0 Å². The van der Waals surface area contributed by atoms with Crippen LogP contribution in [0.25, 0.3) is 0 Å². The van der Waals surface area contributed by atoms with Crippen LogP contribution in [-0.2, 0) is 4.79 Å². The van der Waals surface area contributed by atoms with Crippen molar-refractivity contribution in [2.24, 2.45) is 16.1 Å². The van der Waals surface area contributed by atoms with E-state index < -0.39 is 5.60 Å². The van der Waals surface area contributed by atoms with Gasteiger partial charge in [-0.15, -0.1) is 5.10 Å². The van der Waals surface area contributed by atoms with Gasteiger partial charge < -0.3 is 5.11 Å². The summed E-state index contributed by atoms with van der Waals surface area (Å²) in [5.74, 6) is -0.443. The smallest absolute Gasteiger partial charge is 0.193 e. The van der Waals surface area contributed by atoms with Crippen molar-refractivity contribution in [2.45, 2.75) is 31.3 Å². The molecule has 0 aromatic heterocycles. The predicted octanol–water partition coefficient (Wildman–Crippen LogP) is 3.36. The molecule has 2 aromatic rings. The second kappa shape index (κ2) is 6.05. The zero-order valence-corrected chi connectivity index (χ0v) is 14.1. The van der Waals surface area contributed by atoms with Crippen LogP contribution in [0.5, 0.6) is 0 Å². The Labute approximate surface area is 146 Å². The monoisotopic (exact) mass is 332 g/mol. The van der Waals surface area contributed by atoms with Crippen molar-refractivity contribution < 1.29 is 9.90 Å². The second-order valence-corrected chi connectivity index (χ2v) is 7.14. The number of hydrogen-bond acceptors (Lipinski definition) is 4. The van der Waals surface area contributed by atoms with E-state index in [9.17, 15) is 9.90 Å². The Morgan fingerprint density at radius 2 is 1.64 bits per heavy atom. The molecule has 0 unspecified atom stereocenters. The molecule has 0 spiro atoms. The zero-order chi connectivity index (χ0) is 17.4. The highest BCUT2D eigenvalue weighted by Crippen LogP contribution is 2.43. The van der Waals surface area contributed by atoms with Crippen LogP contribution >= 0.6 is 0 Å². The van der Waals surface area contributed by atoms with Crippen LogP contribution in [0.1, 0.15) is 36.8 Å². The normalized spacial score (nSPS) is 28.8. The lowest BCUT2D eigenvalue weighted by Gasteiger charge is -2.41. The fraction of sp³-hybridized carbons (Fsp3) is 0.286. The summed E-state index contributed by atoms with van der Waals surface area (Å²) in [7, 11) is 0. The van der Waals surface area contributed by atoms with E-state index in [4.69, 9.17) is 0 Å². The molecule has 4 nitrogen and oxygen atoms in total. The number of aliphatic hydroxyl groups is 1. The van der Waals surface area contributed by atoms with Crippen molar-refractivity contribution in [1.29, 1.82) is 0 Å². The van der Waals surface area contributed by atoms with Crippen molar-refractivity contribution in [3.05, 3.63) is 71.8 Å². The molecule has 0 bridgehead atoms. The third-order valence-electron chi connectivity index (χ3n) is 5.05. The highest BCUT2D eigenvalue weighted by Gasteiger charge is 2.47. The molecular weight excluding hydrogens is 312 g/mol. The lowest BCUT2D eigenvalue weighted by atomic mass is 9.66. The number of benzene rings is 2. The van der Waals surface area contributed by atoms with Crippen molar-refractivity contribution >= 4 is 17.2 Å². The number of ketones is 1. The number of carbonyl (C=O) groups excluding carboxylic acids is 1. The van der Waals surface area contributed by atoms with Gasteiger partial charge in [-0.1, -0.05) is 60.7 Å². The van der Waals surface area contributed by atoms with E-state index in [2.05, 4.69) is 10.2 Å². The molecule has 1 heterocycles. The van der Waals surface area contributed by atoms with Gasteiger partial charge in [0.25, 0.3) is 0 Å². The van der Waals surface area contributed by atoms with Gasteiger partial charge in [-0.25, -0.2) is 0 Å². The number of carbonyl (C=O) groups is 1. The molecule has 1 aliphatic heterocycles. The summed E-state index contributed by atoms with van der Waals surface area (Å²) in [6.45, 7) is 1.81. The van der Waals surface area contributed by atoms with Crippen molar-refractivity contribution in [1.82, 2.24) is 0 Å². The van der Waals surface area contributed by atoms with E-state index in [0.717, 1.165) is 11.1 Å². The van der Waals surface area contributed by atoms with E-state index in [1.807, 2.05) is 67.6 Å². The standard InChI is InChI=1S/C21H20N2O2/c1-21(25)12-16(14-8-4-2-5-9-14)18-17(13-21)22-23-19(20(18)24)15-10-6-3-7-11-15/h2-11,16,18,25H,12-13H2,1H3/t16-,18+,21-/m0/s1. The number of fused-ring (bicyclic) bond motifs is 1. The van der Waals surface area contributed by atoms with Gasteiger partial charge >= 0.3 is 0 Å². The summed E-state index contributed by atoms with van der Waals surface area (Å²) in [5.41, 5.74) is 2.07. The SMILES string of the molecule is C[C@@]1(O)CC2=NN=C(c3ccccc3)C(=O)[C@@H]2[C@H](c2ccccc2)C1. The molecule has 3 atom stereocenters. The lowest BCUT2D eigenvalue weighted by Crippen LogP contribution is -2.47. The zero-order valence-electron chi connectivity index (χ0n) is 14.1. The first-order valence-corrected chi connectivity index (χ1v) is 8.56. The van der Waals surface area contributed by atoms with E-state index in [1.165, 1.54) is 0 Å². The van der Waals surface area contributed by atoms with Crippen LogP contribution in [-0.4, -0.2) is 27.9 Å². The van der Waals surface area contributed by atoms with Crippen LogP contribution in [0.15, 0.2) is 70.9 Å². The third kappa shape index (κ3) is 2.94. The number of hydrogen-bond donors (Lipinski definition) is 1. The minimum absolute atomic E-state index is 0.000512. The average molecular weight is 332 g/mol. The minimum atomic E-state index is -0.879. The molecule has 4 heteroatoms.